The van der Waals surface area contributed by atoms with Gasteiger partial charge in [0, 0.05) is 31.6 Å². The molecule has 1 N–H and O–H groups in total. The minimum Gasteiger partial charge on any atom is -0.496 e. The molecule has 0 spiro atoms. The van der Waals surface area contributed by atoms with Crippen molar-refractivity contribution in [2.75, 3.05) is 25.5 Å². The number of piperidine rings is 1. The van der Waals surface area contributed by atoms with E-state index in [9.17, 15) is 9.59 Å². The predicted octanol–water partition coefficient (Wildman–Crippen LogP) is 3.75. The molecule has 0 bridgehead atoms. The second-order valence-electron chi connectivity index (χ2n) is 7.02. The molecular formula is C22H26N2O3. The topological polar surface area (TPSA) is 58.6 Å². The number of amides is 1. The van der Waals surface area contributed by atoms with E-state index in [-0.39, 0.29) is 17.6 Å². The van der Waals surface area contributed by atoms with Crippen LogP contribution in [0.1, 0.15) is 35.7 Å². The van der Waals surface area contributed by atoms with E-state index in [1.807, 2.05) is 48.5 Å². The van der Waals surface area contributed by atoms with Gasteiger partial charge in [-0.3, -0.25) is 14.5 Å². The first-order chi connectivity index (χ1) is 13.1. The maximum absolute atomic E-state index is 13.0. The normalized spacial score (nSPS) is 17.3. The van der Waals surface area contributed by atoms with Gasteiger partial charge in [-0.25, -0.2) is 0 Å². The average Bonchev–Trinajstić information content (AvgIpc) is 2.69. The third kappa shape index (κ3) is 4.95. The van der Waals surface area contributed by atoms with Gasteiger partial charge in [0.25, 0.3) is 0 Å². The van der Waals surface area contributed by atoms with E-state index in [2.05, 4.69) is 10.2 Å². The van der Waals surface area contributed by atoms with Gasteiger partial charge in [-0.2, -0.15) is 0 Å². The molecule has 5 heteroatoms. The van der Waals surface area contributed by atoms with Crippen LogP contribution in [0.25, 0.3) is 0 Å². The van der Waals surface area contributed by atoms with Crippen molar-refractivity contribution in [3.63, 3.8) is 0 Å². The Morgan fingerprint density at radius 2 is 1.89 bits per heavy atom. The zero-order valence-corrected chi connectivity index (χ0v) is 15.9. The van der Waals surface area contributed by atoms with Crippen molar-refractivity contribution in [1.82, 2.24) is 4.90 Å². The van der Waals surface area contributed by atoms with Crippen molar-refractivity contribution in [2.24, 2.45) is 5.92 Å². The van der Waals surface area contributed by atoms with Crippen LogP contribution in [0.15, 0.2) is 48.5 Å². The van der Waals surface area contributed by atoms with Gasteiger partial charge in [0.15, 0.2) is 5.78 Å². The molecule has 1 saturated heterocycles. The van der Waals surface area contributed by atoms with Crippen molar-refractivity contribution in [2.45, 2.75) is 26.3 Å². The maximum atomic E-state index is 13.0. The van der Waals surface area contributed by atoms with Gasteiger partial charge in [0.1, 0.15) is 5.75 Å². The fraction of sp³-hybridized carbons (Fsp3) is 0.364. The lowest BCUT2D eigenvalue weighted by Gasteiger charge is -2.32. The molecule has 2 aromatic rings. The molecule has 5 nitrogen and oxygen atoms in total. The maximum Gasteiger partial charge on any atom is 0.221 e. The third-order valence-corrected chi connectivity index (χ3v) is 4.93. The van der Waals surface area contributed by atoms with Crippen LogP contribution in [-0.4, -0.2) is 36.8 Å². The Morgan fingerprint density at radius 1 is 1.15 bits per heavy atom. The first-order valence-corrected chi connectivity index (χ1v) is 9.33. The minimum absolute atomic E-state index is 0.00583. The molecule has 0 aromatic heterocycles. The minimum atomic E-state index is -0.0727. The molecule has 1 atom stereocenters. The first-order valence-electron chi connectivity index (χ1n) is 9.33. The van der Waals surface area contributed by atoms with Crippen LogP contribution in [-0.2, 0) is 11.3 Å². The molecule has 2 aromatic carbocycles. The number of hydrogen-bond donors (Lipinski definition) is 1. The van der Waals surface area contributed by atoms with Gasteiger partial charge >= 0.3 is 0 Å². The highest BCUT2D eigenvalue weighted by Crippen LogP contribution is 2.27. The SMILES string of the molecule is COc1ccccc1C(=O)[C@@H]1CCCN(Cc2ccc(NC(C)=O)cc2)C1. The van der Waals surface area contributed by atoms with Crippen LogP contribution in [0.2, 0.25) is 0 Å². The summed E-state index contributed by atoms with van der Waals surface area (Å²) in [4.78, 5) is 26.4. The number of benzene rings is 2. The van der Waals surface area contributed by atoms with Crippen molar-refractivity contribution in [3.8, 4) is 5.75 Å². The molecule has 1 heterocycles. The Bertz CT molecular complexity index is 801. The second-order valence-corrected chi connectivity index (χ2v) is 7.02. The highest BCUT2D eigenvalue weighted by molar-refractivity contribution is 6.00. The van der Waals surface area contributed by atoms with Gasteiger partial charge < -0.3 is 10.1 Å². The Labute approximate surface area is 160 Å². The summed E-state index contributed by atoms with van der Waals surface area (Å²) in [6.45, 7) is 4.05. The zero-order chi connectivity index (χ0) is 19.2. The molecule has 27 heavy (non-hydrogen) atoms. The summed E-state index contributed by atoms with van der Waals surface area (Å²) in [6, 6.07) is 15.3. The van der Waals surface area contributed by atoms with E-state index in [4.69, 9.17) is 4.74 Å². The first kappa shape index (κ1) is 19.1. The highest BCUT2D eigenvalue weighted by Gasteiger charge is 2.28. The van der Waals surface area contributed by atoms with Crippen molar-refractivity contribution in [1.29, 1.82) is 0 Å². The number of ether oxygens (including phenoxy) is 1. The molecule has 1 aliphatic rings. The molecule has 0 unspecified atom stereocenters. The van der Waals surface area contributed by atoms with Crippen LogP contribution in [0.5, 0.6) is 5.75 Å². The number of anilines is 1. The fourth-order valence-electron chi connectivity index (χ4n) is 3.64. The lowest BCUT2D eigenvalue weighted by molar-refractivity contribution is -0.114. The van der Waals surface area contributed by atoms with E-state index in [1.54, 1.807) is 7.11 Å². The summed E-state index contributed by atoms with van der Waals surface area (Å²) in [5, 5.41) is 2.78. The second kappa shape index (κ2) is 8.82. The molecule has 0 aliphatic carbocycles. The molecule has 3 rings (SSSR count). The summed E-state index contributed by atoms with van der Waals surface area (Å²) in [5.74, 6) is 0.733. The number of nitrogens with one attached hydrogen (secondary N) is 1. The summed E-state index contributed by atoms with van der Waals surface area (Å²) in [7, 11) is 1.60. The quantitative estimate of drug-likeness (QED) is 0.791. The van der Waals surface area contributed by atoms with Gasteiger partial charge in [0.2, 0.25) is 5.91 Å². The number of methoxy groups -OCH3 is 1. The largest absolute Gasteiger partial charge is 0.496 e. The van der Waals surface area contributed by atoms with Crippen LogP contribution in [0.4, 0.5) is 5.69 Å². The molecule has 0 saturated carbocycles. The Kier molecular flexibility index (Phi) is 6.24. The highest BCUT2D eigenvalue weighted by atomic mass is 16.5. The number of Topliss-reactive ketones (excluding diaryl/α,β-unsaturated/α-hetero) is 1. The summed E-state index contributed by atoms with van der Waals surface area (Å²) < 4.78 is 5.35. The predicted molar refractivity (Wildman–Crippen MR) is 106 cm³/mol. The number of rotatable bonds is 6. The van der Waals surface area contributed by atoms with E-state index in [0.717, 1.165) is 38.2 Å². The molecule has 1 amide bonds. The monoisotopic (exact) mass is 366 g/mol. The number of hydrogen-bond acceptors (Lipinski definition) is 4. The van der Waals surface area contributed by atoms with Crippen molar-refractivity contribution >= 4 is 17.4 Å². The summed E-state index contributed by atoms with van der Waals surface area (Å²) in [5.41, 5.74) is 2.65. The molecular weight excluding hydrogens is 340 g/mol. The number of likely N-dealkylation sites (tertiary alicyclic amines) is 1. The summed E-state index contributed by atoms with van der Waals surface area (Å²) in [6.07, 6.45) is 1.92. The standard InChI is InChI=1S/C22H26N2O3/c1-16(25)23-19-11-9-17(10-12-19)14-24-13-5-6-18(15-24)22(26)20-7-3-4-8-21(20)27-2/h3-4,7-12,18H,5-6,13-15H2,1-2H3,(H,23,25)/t18-/m1/s1. The zero-order valence-electron chi connectivity index (χ0n) is 15.9. The van der Waals surface area contributed by atoms with E-state index in [0.29, 0.717) is 11.3 Å². The van der Waals surface area contributed by atoms with Crippen LogP contribution in [0, 0.1) is 5.92 Å². The van der Waals surface area contributed by atoms with Crippen LogP contribution in [0.3, 0.4) is 0 Å². The number of ketones is 1. The smallest absolute Gasteiger partial charge is 0.221 e. The average molecular weight is 366 g/mol. The number of carbonyl (C=O) groups excluding carboxylic acids is 2. The van der Waals surface area contributed by atoms with Crippen LogP contribution >= 0.6 is 0 Å². The lowest BCUT2D eigenvalue weighted by Crippen LogP contribution is -2.38. The molecule has 0 radical (unpaired) electrons. The Hall–Kier alpha value is -2.66. The Balaban J connectivity index is 1.64. The van der Waals surface area contributed by atoms with E-state index < -0.39 is 0 Å². The van der Waals surface area contributed by atoms with Gasteiger partial charge in [-0.15, -0.1) is 0 Å². The van der Waals surface area contributed by atoms with Crippen LogP contribution < -0.4 is 10.1 Å². The van der Waals surface area contributed by atoms with Crippen molar-refractivity contribution < 1.29 is 14.3 Å². The van der Waals surface area contributed by atoms with Gasteiger partial charge in [0.05, 0.1) is 12.7 Å². The third-order valence-electron chi connectivity index (χ3n) is 4.93. The number of nitrogens with zero attached hydrogens (tertiary/aromatic N) is 1. The van der Waals surface area contributed by atoms with E-state index >= 15 is 0 Å². The van der Waals surface area contributed by atoms with E-state index in [1.165, 1.54) is 12.5 Å². The van der Waals surface area contributed by atoms with Gasteiger partial charge in [-0.05, 0) is 49.2 Å². The molecule has 1 fully saturated rings. The summed E-state index contributed by atoms with van der Waals surface area (Å²) >= 11 is 0. The molecule has 1 aliphatic heterocycles. The number of para-hydroxylation sites is 1. The number of carbonyl (C=O) groups is 2. The van der Waals surface area contributed by atoms with Crippen molar-refractivity contribution in [3.05, 3.63) is 59.7 Å². The Morgan fingerprint density at radius 3 is 2.59 bits per heavy atom. The fourth-order valence-corrected chi connectivity index (χ4v) is 3.64. The molecule has 142 valence electrons. The lowest BCUT2D eigenvalue weighted by atomic mass is 9.89. The van der Waals surface area contributed by atoms with Gasteiger partial charge in [-0.1, -0.05) is 24.3 Å².